The van der Waals surface area contributed by atoms with Crippen molar-refractivity contribution < 1.29 is 9.53 Å². The van der Waals surface area contributed by atoms with Gasteiger partial charge in [-0.25, -0.2) is 0 Å². The third-order valence-corrected chi connectivity index (χ3v) is 3.64. The molecule has 1 aromatic rings. The molecule has 2 atom stereocenters. The van der Waals surface area contributed by atoms with Gasteiger partial charge in [0, 0.05) is 6.04 Å². The second-order valence-electron chi connectivity index (χ2n) is 5.55. The van der Waals surface area contributed by atoms with Crippen molar-refractivity contribution >= 4 is 5.91 Å². The van der Waals surface area contributed by atoms with Crippen molar-refractivity contribution in [3.8, 4) is 5.75 Å². The van der Waals surface area contributed by atoms with Gasteiger partial charge in [-0.05, 0) is 43.4 Å². The highest BCUT2D eigenvalue weighted by Crippen LogP contribution is 2.15. The highest BCUT2D eigenvalue weighted by Gasteiger charge is 2.21. The molecule has 1 rings (SSSR count). The summed E-state index contributed by atoms with van der Waals surface area (Å²) < 4.78 is 5.79. The summed E-state index contributed by atoms with van der Waals surface area (Å²) in [7, 11) is 0. The van der Waals surface area contributed by atoms with E-state index in [9.17, 15) is 4.79 Å². The molecule has 3 heteroatoms. The number of hydrogen-bond donors (Lipinski definition) is 1. The van der Waals surface area contributed by atoms with Gasteiger partial charge in [-0.1, -0.05) is 39.8 Å². The second kappa shape index (κ2) is 7.93. The molecular formula is C17H27NO2. The van der Waals surface area contributed by atoms with Crippen molar-refractivity contribution in [2.45, 2.75) is 59.6 Å². The maximum Gasteiger partial charge on any atom is 0.261 e. The van der Waals surface area contributed by atoms with Gasteiger partial charge in [0.25, 0.3) is 5.91 Å². The summed E-state index contributed by atoms with van der Waals surface area (Å²) in [6.07, 6.45) is 1.24. The lowest BCUT2D eigenvalue weighted by Crippen LogP contribution is -2.44. The monoisotopic (exact) mass is 277 g/mol. The van der Waals surface area contributed by atoms with Crippen LogP contribution in [0.3, 0.4) is 0 Å². The Kier molecular flexibility index (Phi) is 6.56. The van der Waals surface area contributed by atoms with E-state index in [2.05, 4.69) is 26.1 Å². The minimum atomic E-state index is -0.427. The van der Waals surface area contributed by atoms with Gasteiger partial charge in [0.15, 0.2) is 6.10 Å². The number of ether oxygens (including phenoxy) is 1. The standard InChI is InChI=1S/C17H27NO2/c1-6-14-8-10-15(11-9-14)20-16(7-2)17(19)18-13(5)12(3)4/h8-13,16H,6-7H2,1-5H3,(H,18,19)/t13-,16+/m1/s1. The zero-order valence-electron chi connectivity index (χ0n) is 13.3. The van der Waals surface area contributed by atoms with E-state index in [4.69, 9.17) is 4.74 Å². The van der Waals surface area contributed by atoms with E-state index in [1.54, 1.807) is 0 Å². The molecule has 20 heavy (non-hydrogen) atoms. The largest absolute Gasteiger partial charge is 0.481 e. The Labute approximate surface area is 122 Å². The molecule has 112 valence electrons. The number of rotatable bonds is 7. The molecular weight excluding hydrogens is 250 g/mol. The van der Waals surface area contributed by atoms with Crippen molar-refractivity contribution in [2.75, 3.05) is 0 Å². The predicted molar refractivity (Wildman–Crippen MR) is 83.0 cm³/mol. The maximum atomic E-state index is 12.2. The van der Waals surface area contributed by atoms with Crippen LogP contribution < -0.4 is 10.1 Å². The Hall–Kier alpha value is -1.51. The molecule has 1 amide bonds. The number of hydrogen-bond acceptors (Lipinski definition) is 2. The summed E-state index contributed by atoms with van der Waals surface area (Å²) in [4.78, 5) is 12.2. The Bertz CT molecular complexity index is 412. The number of carbonyl (C=O) groups is 1. The molecule has 1 aromatic carbocycles. The molecule has 0 aromatic heterocycles. The molecule has 0 unspecified atom stereocenters. The van der Waals surface area contributed by atoms with Gasteiger partial charge in [0.1, 0.15) is 5.75 Å². The van der Waals surface area contributed by atoms with Crippen LogP contribution in [0.25, 0.3) is 0 Å². The second-order valence-corrected chi connectivity index (χ2v) is 5.55. The van der Waals surface area contributed by atoms with Crippen molar-refractivity contribution in [1.29, 1.82) is 0 Å². The Morgan fingerprint density at radius 3 is 2.20 bits per heavy atom. The summed E-state index contributed by atoms with van der Waals surface area (Å²) in [6, 6.07) is 8.09. The number of carbonyl (C=O) groups excluding carboxylic acids is 1. The molecule has 0 aliphatic carbocycles. The Morgan fingerprint density at radius 1 is 1.15 bits per heavy atom. The quantitative estimate of drug-likeness (QED) is 0.827. The lowest BCUT2D eigenvalue weighted by Gasteiger charge is -2.22. The third kappa shape index (κ3) is 4.87. The molecule has 0 aliphatic rings. The lowest BCUT2D eigenvalue weighted by molar-refractivity contribution is -0.129. The molecule has 0 aliphatic heterocycles. The van der Waals surface area contributed by atoms with E-state index in [1.807, 2.05) is 38.1 Å². The summed E-state index contributed by atoms with van der Waals surface area (Å²) in [6.45, 7) is 10.3. The zero-order chi connectivity index (χ0) is 15.1. The van der Waals surface area contributed by atoms with E-state index in [0.717, 1.165) is 12.2 Å². The van der Waals surface area contributed by atoms with Crippen molar-refractivity contribution in [1.82, 2.24) is 5.32 Å². The van der Waals surface area contributed by atoms with E-state index >= 15 is 0 Å². The van der Waals surface area contributed by atoms with Crippen LogP contribution in [0.5, 0.6) is 5.75 Å². The molecule has 0 bridgehead atoms. The zero-order valence-corrected chi connectivity index (χ0v) is 13.3. The number of aryl methyl sites for hydroxylation is 1. The van der Waals surface area contributed by atoms with Gasteiger partial charge >= 0.3 is 0 Å². The first kappa shape index (κ1) is 16.5. The fourth-order valence-corrected chi connectivity index (χ4v) is 1.77. The SMILES string of the molecule is CCc1ccc(O[C@@H](CC)C(=O)N[C@H](C)C(C)C)cc1. The molecule has 0 fully saturated rings. The first-order valence-electron chi connectivity index (χ1n) is 7.53. The molecule has 3 nitrogen and oxygen atoms in total. The molecule has 0 saturated heterocycles. The molecule has 0 heterocycles. The van der Waals surface area contributed by atoms with Gasteiger partial charge in [0.2, 0.25) is 0 Å². The van der Waals surface area contributed by atoms with Crippen LogP contribution in [0.4, 0.5) is 0 Å². The van der Waals surface area contributed by atoms with Gasteiger partial charge in [-0.15, -0.1) is 0 Å². The molecule has 1 N–H and O–H groups in total. The van der Waals surface area contributed by atoms with Crippen LogP contribution in [-0.4, -0.2) is 18.1 Å². The minimum absolute atomic E-state index is 0.0340. The molecule has 0 saturated carbocycles. The van der Waals surface area contributed by atoms with Crippen molar-refractivity contribution in [3.63, 3.8) is 0 Å². The van der Waals surface area contributed by atoms with Crippen molar-refractivity contribution in [2.24, 2.45) is 5.92 Å². The summed E-state index contributed by atoms with van der Waals surface area (Å²) in [5.74, 6) is 1.13. The summed E-state index contributed by atoms with van der Waals surface area (Å²) in [5.41, 5.74) is 1.27. The van der Waals surface area contributed by atoms with Gasteiger partial charge in [-0.2, -0.15) is 0 Å². The highest BCUT2D eigenvalue weighted by molar-refractivity contribution is 5.81. The fourth-order valence-electron chi connectivity index (χ4n) is 1.77. The Morgan fingerprint density at radius 2 is 1.75 bits per heavy atom. The summed E-state index contributed by atoms with van der Waals surface area (Å²) in [5, 5.41) is 3.01. The van der Waals surface area contributed by atoms with Crippen LogP contribution in [-0.2, 0) is 11.2 Å². The topological polar surface area (TPSA) is 38.3 Å². The highest BCUT2D eigenvalue weighted by atomic mass is 16.5. The minimum Gasteiger partial charge on any atom is -0.481 e. The van der Waals surface area contributed by atoms with Crippen LogP contribution in [0.15, 0.2) is 24.3 Å². The van der Waals surface area contributed by atoms with E-state index < -0.39 is 6.10 Å². The average Bonchev–Trinajstić information content (AvgIpc) is 2.44. The summed E-state index contributed by atoms with van der Waals surface area (Å²) >= 11 is 0. The van der Waals surface area contributed by atoms with Crippen LogP contribution in [0.1, 0.15) is 46.6 Å². The van der Waals surface area contributed by atoms with Crippen LogP contribution in [0, 0.1) is 5.92 Å². The van der Waals surface area contributed by atoms with Crippen LogP contribution in [0.2, 0.25) is 0 Å². The van der Waals surface area contributed by atoms with E-state index in [1.165, 1.54) is 5.56 Å². The number of amides is 1. The first-order chi connectivity index (χ1) is 9.47. The lowest BCUT2D eigenvalue weighted by atomic mass is 10.1. The maximum absolute atomic E-state index is 12.2. The van der Waals surface area contributed by atoms with E-state index in [0.29, 0.717) is 12.3 Å². The number of benzene rings is 1. The van der Waals surface area contributed by atoms with Gasteiger partial charge in [0.05, 0.1) is 0 Å². The molecule has 0 radical (unpaired) electrons. The normalized spacial score (nSPS) is 13.9. The smallest absolute Gasteiger partial charge is 0.261 e. The average molecular weight is 277 g/mol. The third-order valence-electron chi connectivity index (χ3n) is 3.64. The van der Waals surface area contributed by atoms with Gasteiger partial charge < -0.3 is 10.1 Å². The number of nitrogens with one attached hydrogen (secondary N) is 1. The first-order valence-corrected chi connectivity index (χ1v) is 7.53. The molecule has 0 spiro atoms. The Balaban J connectivity index is 2.63. The van der Waals surface area contributed by atoms with Gasteiger partial charge in [-0.3, -0.25) is 4.79 Å². The van der Waals surface area contributed by atoms with E-state index in [-0.39, 0.29) is 11.9 Å². The van der Waals surface area contributed by atoms with Crippen molar-refractivity contribution in [3.05, 3.63) is 29.8 Å². The fraction of sp³-hybridized carbons (Fsp3) is 0.588. The van der Waals surface area contributed by atoms with Crippen LogP contribution >= 0.6 is 0 Å². The predicted octanol–water partition coefficient (Wildman–Crippen LogP) is 3.57.